The zero-order chi connectivity index (χ0) is 23.4. The van der Waals surface area contributed by atoms with Crippen molar-refractivity contribution in [2.24, 2.45) is 0 Å². The third-order valence-corrected chi connectivity index (χ3v) is 5.44. The SMILES string of the molecule is COc1c(F)cccc1-c1cc(C)ncc1C(=O)Nc1nnc(OCc2ccc(C)cn2)s1. The molecule has 4 aromatic rings. The smallest absolute Gasteiger partial charge is 0.296 e. The predicted molar refractivity (Wildman–Crippen MR) is 122 cm³/mol. The lowest BCUT2D eigenvalue weighted by molar-refractivity contribution is 0.102. The van der Waals surface area contributed by atoms with Crippen molar-refractivity contribution in [2.45, 2.75) is 20.5 Å². The van der Waals surface area contributed by atoms with Crippen LogP contribution >= 0.6 is 11.3 Å². The predicted octanol–water partition coefficient (Wildman–Crippen LogP) is 4.59. The second kappa shape index (κ2) is 9.70. The molecule has 0 saturated heterocycles. The zero-order valence-electron chi connectivity index (χ0n) is 18.1. The van der Waals surface area contributed by atoms with Crippen LogP contribution in [0.4, 0.5) is 9.52 Å². The van der Waals surface area contributed by atoms with Gasteiger partial charge in [0.1, 0.15) is 6.61 Å². The van der Waals surface area contributed by atoms with Gasteiger partial charge in [-0.2, -0.15) is 0 Å². The molecule has 10 heteroatoms. The lowest BCUT2D eigenvalue weighted by Crippen LogP contribution is -2.14. The molecule has 0 radical (unpaired) electrons. The van der Waals surface area contributed by atoms with Gasteiger partial charge in [-0.15, -0.1) is 5.10 Å². The highest BCUT2D eigenvalue weighted by atomic mass is 32.1. The molecule has 8 nitrogen and oxygen atoms in total. The van der Waals surface area contributed by atoms with Crippen molar-refractivity contribution >= 4 is 22.4 Å². The minimum Gasteiger partial charge on any atom is -0.493 e. The highest BCUT2D eigenvalue weighted by molar-refractivity contribution is 7.17. The molecule has 0 spiro atoms. The van der Waals surface area contributed by atoms with Gasteiger partial charge in [0.2, 0.25) is 5.13 Å². The molecule has 0 saturated carbocycles. The zero-order valence-corrected chi connectivity index (χ0v) is 18.9. The molecule has 3 aromatic heterocycles. The summed E-state index contributed by atoms with van der Waals surface area (Å²) in [5.74, 6) is -0.940. The summed E-state index contributed by atoms with van der Waals surface area (Å²) in [5.41, 5.74) is 3.65. The van der Waals surface area contributed by atoms with Crippen molar-refractivity contribution in [3.05, 3.63) is 77.1 Å². The number of aryl methyl sites for hydroxylation is 2. The van der Waals surface area contributed by atoms with Gasteiger partial charge in [-0.3, -0.25) is 20.1 Å². The first-order valence-corrected chi connectivity index (χ1v) is 10.7. The van der Waals surface area contributed by atoms with Gasteiger partial charge in [0.05, 0.1) is 18.4 Å². The number of para-hydroxylation sites is 1. The Kier molecular flexibility index (Phi) is 6.55. The van der Waals surface area contributed by atoms with Crippen LogP contribution in [0.3, 0.4) is 0 Å². The molecule has 168 valence electrons. The minimum atomic E-state index is -0.523. The van der Waals surface area contributed by atoms with Crippen molar-refractivity contribution in [3.8, 4) is 22.1 Å². The summed E-state index contributed by atoms with van der Waals surface area (Å²) in [6.45, 7) is 3.97. The van der Waals surface area contributed by atoms with E-state index in [-0.39, 0.29) is 23.1 Å². The Bertz CT molecular complexity index is 1290. The molecule has 1 amide bonds. The number of rotatable bonds is 7. The summed E-state index contributed by atoms with van der Waals surface area (Å²) >= 11 is 1.08. The Morgan fingerprint density at radius 3 is 2.70 bits per heavy atom. The van der Waals surface area contributed by atoms with Crippen LogP contribution in [-0.4, -0.2) is 33.2 Å². The molecular formula is C23H20FN5O3S. The third kappa shape index (κ3) is 5.12. The Morgan fingerprint density at radius 1 is 1.09 bits per heavy atom. The number of amides is 1. The number of methoxy groups -OCH3 is 1. The highest BCUT2D eigenvalue weighted by Gasteiger charge is 2.20. The van der Waals surface area contributed by atoms with Gasteiger partial charge in [-0.1, -0.05) is 23.3 Å². The maximum Gasteiger partial charge on any atom is 0.296 e. The second-order valence-corrected chi connectivity index (χ2v) is 8.07. The number of hydrogen-bond acceptors (Lipinski definition) is 8. The van der Waals surface area contributed by atoms with Gasteiger partial charge in [-0.05, 0) is 48.9 Å². The van der Waals surface area contributed by atoms with Crippen LogP contribution in [0.25, 0.3) is 11.1 Å². The molecule has 0 bridgehead atoms. The number of halogens is 1. The fourth-order valence-electron chi connectivity index (χ4n) is 3.09. The molecule has 0 atom stereocenters. The maximum atomic E-state index is 14.3. The van der Waals surface area contributed by atoms with Gasteiger partial charge < -0.3 is 9.47 Å². The lowest BCUT2D eigenvalue weighted by atomic mass is 9.99. The summed E-state index contributed by atoms with van der Waals surface area (Å²) in [5, 5.41) is 11.2. The van der Waals surface area contributed by atoms with E-state index in [1.54, 1.807) is 31.3 Å². The van der Waals surface area contributed by atoms with Crippen LogP contribution in [0.1, 0.15) is 27.3 Å². The van der Waals surface area contributed by atoms with Gasteiger partial charge in [0.15, 0.2) is 11.6 Å². The maximum absolute atomic E-state index is 14.3. The van der Waals surface area contributed by atoms with E-state index in [1.165, 1.54) is 19.4 Å². The average Bonchev–Trinajstić information content (AvgIpc) is 3.25. The topological polar surface area (TPSA) is 99.1 Å². The minimum absolute atomic E-state index is 0.0495. The molecule has 0 aliphatic rings. The van der Waals surface area contributed by atoms with Gasteiger partial charge in [0.25, 0.3) is 11.1 Å². The fourth-order valence-corrected chi connectivity index (χ4v) is 3.68. The number of hydrogen-bond donors (Lipinski definition) is 1. The molecule has 3 heterocycles. The first-order valence-electron chi connectivity index (χ1n) is 9.93. The number of carbonyl (C=O) groups excluding carboxylic acids is 1. The number of ether oxygens (including phenoxy) is 2. The third-order valence-electron chi connectivity index (χ3n) is 4.69. The Morgan fingerprint density at radius 2 is 1.94 bits per heavy atom. The van der Waals surface area contributed by atoms with E-state index in [9.17, 15) is 9.18 Å². The van der Waals surface area contributed by atoms with Gasteiger partial charge in [-0.25, -0.2) is 4.39 Å². The summed E-state index contributed by atoms with van der Waals surface area (Å²) in [4.78, 5) is 21.5. The quantitative estimate of drug-likeness (QED) is 0.426. The Labute approximate surface area is 193 Å². The fraction of sp³-hybridized carbons (Fsp3) is 0.174. The van der Waals surface area contributed by atoms with Crippen LogP contribution in [0.5, 0.6) is 10.9 Å². The Balaban J connectivity index is 1.53. The van der Waals surface area contributed by atoms with E-state index < -0.39 is 11.7 Å². The van der Waals surface area contributed by atoms with Crippen molar-refractivity contribution in [1.82, 2.24) is 20.2 Å². The van der Waals surface area contributed by atoms with Crippen molar-refractivity contribution < 1.29 is 18.7 Å². The molecule has 0 aliphatic heterocycles. The lowest BCUT2D eigenvalue weighted by Gasteiger charge is -2.13. The Hall–Kier alpha value is -3.92. The normalized spacial score (nSPS) is 10.7. The van der Waals surface area contributed by atoms with E-state index in [4.69, 9.17) is 9.47 Å². The molecule has 0 aliphatic carbocycles. The number of nitrogens with zero attached hydrogens (tertiary/aromatic N) is 4. The van der Waals surface area contributed by atoms with Gasteiger partial charge in [0, 0.05) is 29.2 Å². The van der Waals surface area contributed by atoms with Gasteiger partial charge >= 0.3 is 0 Å². The van der Waals surface area contributed by atoms with E-state index in [1.807, 2.05) is 19.1 Å². The second-order valence-electron chi connectivity index (χ2n) is 7.13. The molecule has 0 unspecified atom stereocenters. The average molecular weight is 466 g/mol. The number of nitrogens with one attached hydrogen (secondary N) is 1. The van der Waals surface area contributed by atoms with E-state index in [2.05, 4.69) is 25.5 Å². The first-order chi connectivity index (χ1) is 15.9. The van der Waals surface area contributed by atoms with E-state index in [0.29, 0.717) is 22.0 Å². The van der Waals surface area contributed by atoms with Crippen LogP contribution in [0.2, 0.25) is 0 Å². The number of benzene rings is 1. The van der Waals surface area contributed by atoms with Crippen LogP contribution in [-0.2, 0) is 6.61 Å². The summed E-state index contributed by atoms with van der Waals surface area (Å²) in [6.07, 6.45) is 3.19. The molecule has 1 N–H and O–H groups in total. The van der Waals surface area contributed by atoms with E-state index in [0.717, 1.165) is 22.6 Å². The number of anilines is 1. The van der Waals surface area contributed by atoms with E-state index >= 15 is 0 Å². The monoisotopic (exact) mass is 465 g/mol. The standard InChI is InChI=1S/C23H20FN5O3S/c1-13-7-8-15(26-10-13)12-32-23-29-28-22(33-23)27-21(30)18-11-25-14(2)9-17(18)16-5-4-6-19(24)20(16)31-3/h4-11H,12H2,1-3H3,(H,27,28,30). The number of pyridine rings is 2. The largest absolute Gasteiger partial charge is 0.493 e. The van der Waals surface area contributed by atoms with Crippen LogP contribution in [0.15, 0.2) is 48.8 Å². The van der Waals surface area contributed by atoms with Crippen molar-refractivity contribution in [1.29, 1.82) is 0 Å². The first kappa shape index (κ1) is 22.3. The van der Waals surface area contributed by atoms with Crippen LogP contribution < -0.4 is 14.8 Å². The van der Waals surface area contributed by atoms with Crippen molar-refractivity contribution in [2.75, 3.05) is 12.4 Å². The van der Waals surface area contributed by atoms with Crippen molar-refractivity contribution in [3.63, 3.8) is 0 Å². The summed E-state index contributed by atoms with van der Waals surface area (Å²) < 4.78 is 25.1. The highest BCUT2D eigenvalue weighted by Crippen LogP contribution is 2.35. The molecule has 0 fully saturated rings. The van der Waals surface area contributed by atoms with Crippen LogP contribution in [0, 0.1) is 19.7 Å². The molecule has 33 heavy (non-hydrogen) atoms. The summed E-state index contributed by atoms with van der Waals surface area (Å²) in [6, 6.07) is 10.1. The molecular weight excluding hydrogens is 445 g/mol. The number of aromatic nitrogens is 4. The molecule has 1 aromatic carbocycles. The summed E-state index contributed by atoms with van der Waals surface area (Å²) in [7, 11) is 1.38. The molecule has 4 rings (SSSR count). The number of carbonyl (C=O) groups is 1.